The van der Waals surface area contributed by atoms with Gasteiger partial charge in [-0.15, -0.1) is 11.3 Å². The van der Waals surface area contributed by atoms with Gasteiger partial charge >= 0.3 is 0 Å². The average Bonchev–Trinajstić information content (AvgIpc) is 3.96. The third-order valence-electron chi connectivity index (χ3n) is 12.1. The molecule has 0 aliphatic heterocycles. The van der Waals surface area contributed by atoms with Gasteiger partial charge in [-0.05, 0) is 75.3 Å². The van der Waals surface area contributed by atoms with Crippen LogP contribution in [0, 0.1) is 12.1 Å². The highest BCUT2D eigenvalue weighted by atomic mass is 32.1. The molecule has 0 spiro atoms. The van der Waals surface area contributed by atoms with Gasteiger partial charge in [0, 0.05) is 43.7 Å². The molecule has 9 aromatic carbocycles. The summed E-state index contributed by atoms with van der Waals surface area (Å²) in [7, 11) is -2.98. The van der Waals surface area contributed by atoms with Crippen LogP contribution in [0.4, 0.5) is 0 Å². The topological polar surface area (TPSA) is 9.86 Å². The van der Waals surface area contributed by atoms with Crippen LogP contribution in [0.2, 0.25) is 0 Å². The Kier molecular flexibility index (Phi) is 7.37. The summed E-state index contributed by atoms with van der Waals surface area (Å²) in [5.41, 5.74) is 7.19. The minimum atomic E-state index is -2.98. The number of aromatic nitrogens is 2. The Bertz CT molecular complexity index is 3470. The minimum Gasteiger partial charge on any atom is -0.309 e. The molecule has 0 atom stereocenters. The summed E-state index contributed by atoms with van der Waals surface area (Å²) in [6.45, 7) is 0. The first-order valence-electron chi connectivity index (χ1n) is 19.8. The molecule has 0 saturated carbocycles. The molecule has 0 radical (unpaired) electrons. The molecule has 12 aromatic rings. The third kappa shape index (κ3) is 4.72. The molecule has 0 amide bonds. The zero-order valence-corrected chi connectivity index (χ0v) is 33.2. The fourth-order valence-corrected chi connectivity index (χ4v) is 15.7. The molecule has 0 N–H and O–H groups in total. The standard InChI is InChI=1S/C54H34N2SSi/c1-4-17-37(18-5-1)55-49-28-13-10-25-43(49)45-32-31-42(36-51(45)55)58(39-20-6-2-7-21-39,40-22-8-3-9-23-40)41-24-16-19-38(35-41)56-50-29-14-11-26-44(50)47-33-34-48-46-27-12-15-30-52(46)57-54(48)53(47)56/h1-14,16-29,31-36H. The molecule has 0 unspecified atom stereocenters. The highest BCUT2D eigenvalue weighted by Gasteiger charge is 2.42. The second kappa shape index (κ2) is 12.9. The summed E-state index contributed by atoms with van der Waals surface area (Å²) in [6, 6.07) is 83.2. The van der Waals surface area contributed by atoms with Crippen molar-refractivity contribution >= 4 is 104 Å². The fourth-order valence-electron chi connectivity index (χ4n) is 9.69. The number of hydrogen-bond acceptors (Lipinski definition) is 1. The largest absolute Gasteiger partial charge is 0.309 e. The van der Waals surface area contributed by atoms with Crippen molar-refractivity contribution in [2.24, 2.45) is 0 Å². The molecular formula is C54H34N2SSi. The van der Waals surface area contributed by atoms with Crippen molar-refractivity contribution in [3.63, 3.8) is 0 Å². The van der Waals surface area contributed by atoms with E-state index in [4.69, 9.17) is 0 Å². The maximum atomic E-state index is 3.40. The number of fused-ring (bicyclic) bond motifs is 10. The van der Waals surface area contributed by atoms with Gasteiger partial charge in [-0.3, -0.25) is 0 Å². The van der Waals surface area contributed by atoms with Gasteiger partial charge < -0.3 is 9.13 Å². The van der Waals surface area contributed by atoms with Crippen LogP contribution >= 0.6 is 11.3 Å². The minimum absolute atomic E-state index is 1.14. The molecule has 0 saturated heterocycles. The number of para-hydroxylation sites is 3. The van der Waals surface area contributed by atoms with Crippen LogP contribution in [0.25, 0.3) is 75.2 Å². The van der Waals surface area contributed by atoms with Gasteiger partial charge in [0.15, 0.2) is 8.07 Å². The van der Waals surface area contributed by atoms with Gasteiger partial charge in [0.1, 0.15) is 0 Å². The molecule has 3 aromatic heterocycles. The second-order valence-electron chi connectivity index (χ2n) is 15.1. The number of nitrogens with zero attached hydrogens (tertiary/aromatic N) is 2. The smallest absolute Gasteiger partial charge is 0.179 e. The Morgan fingerprint density at radius 2 is 0.931 bits per heavy atom. The predicted molar refractivity (Wildman–Crippen MR) is 249 cm³/mol. The first-order chi connectivity index (χ1) is 28.8. The lowest BCUT2D eigenvalue weighted by Gasteiger charge is -2.35. The van der Waals surface area contributed by atoms with Crippen molar-refractivity contribution in [2.45, 2.75) is 0 Å². The first-order valence-corrected chi connectivity index (χ1v) is 22.6. The van der Waals surface area contributed by atoms with E-state index in [2.05, 4.69) is 221 Å². The first kappa shape index (κ1) is 33.0. The van der Waals surface area contributed by atoms with E-state index in [1.165, 1.54) is 79.8 Å². The summed E-state index contributed by atoms with van der Waals surface area (Å²) >= 11 is 1.82. The van der Waals surface area contributed by atoms with E-state index in [0.717, 1.165) is 16.1 Å². The molecule has 0 fully saturated rings. The van der Waals surface area contributed by atoms with E-state index in [-0.39, 0.29) is 0 Å². The van der Waals surface area contributed by atoms with E-state index < -0.39 is 8.07 Å². The lowest BCUT2D eigenvalue weighted by molar-refractivity contribution is 1.18. The van der Waals surface area contributed by atoms with E-state index in [1.54, 1.807) is 0 Å². The Hall–Kier alpha value is -7.16. The highest BCUT2D eigenvalue weighted by Crippen LogP contribution is 2.42. The van der Waals surface area contributed by atoms with Crippen molar-refractivity contribution in [3.05, 3.63) is 218 Å². The highest BCUT2D eigenvalue weighted by molar-refractivity contribution is 7.26. The van der Waals surface area contributed by atoms with Gasteiger partial charge in [-0.1, -0.05) is 164 Å². The Labute approximate surface area is 341 Å². The molecule has 0 aliphatic carbocycles. The Morgan fingerprint density at radius 1 is 0.379 bits per heavy atom. The molecule has 2 nitrogen and oxygen atoms in total. The van der Waals surface area contributed by atoms with Crippen LogP contribution in [0.15, 0.2) is 206 Å². The van der Waals surface area contributed by atoms with E-state index in [0.29, 0.717) is 0 Å². The van der Waals surface area contributed by atoms with Crippen LogP contribution in [0.1, 0.15) is 0 Å². The number of rotatable bonds is 6. The zero-order chi connectivity index (χ0) is 38.2. The van der Waals surface area contributed by atoms with Gasteiger partial charge in [0.2, 0.25) is 0 Å². The van der Waals surface area contributed by atoms with Gasteiger partial charge in [-0.2, -0.15) is 0 Å². The van der Waals surface area contributed by atoms with E-state index in [1.807, 2.05) is 17.4 Å². The molecular weight excluding hydrogens is 737 g/mol. The number of benzene rings is 8. The molecule has 270 valence electrons. The quantitative estimate of drug-likeness (QED) is 0.118. The van der Waals surface area contributed by atoms with Crippen molar-refractivity contribution in [1.82, 2.24) is 9.13 Å². The second-order valence-corrected chi connectivity index (χ2v) is 19.9. The third-order valence-corrected chi connectivity index (χ3v) is 18.0. The van der Waals surface area contributed by atoms with Crippen molar-refractivity contribution in [3.8, 4) is 11.4 Å². The van der Waals surface area contributed by atoms with Gasteiger partial charge in [-0.25, -0.2) is 0 Å². The van der Waals surface area contributed by atoms with E-state index >= 15 is 0 Å². The van der Waals surface area contributed by atoms with Crippen LogP contribution in [0.5, 0.6) is 0 Å². The number of hydrogen-bond donors (Lipinski definition) is 0. The SMILES string of the molecule is c1ccc2c(c#1)sc1c2ccc2c3ccccc3n(-c3cccc([Si](c4ccccc4)(c4ccccc4)c4ccc5c6ccccc6n(-c6ccccc6)c5c4)c3)c21. The van der Waals surface area contributed by atoms with Crippen molar-refractivity contribution in [1.29, 1.82) is 0 Å². The summed E-state index contributed by atoms with van der Waals surface area (Å²) in [4.78, 5) is 0. The molecule has 3 heterocycles. The lowest BCUT2D eigenvalue weighted by Crippen LogP contribution is -2.74. The summed E-state index contributed by atoms with van der Waals surface area (Å²) in [5, 5.41) is 12.9. The number of thiophene rings is 1. The Balaban J connectivity index is 1.19. The van der Waals surface area contributed by atoms with Crippen LogP contribution in [-0.2, 0) is 0 Å². The average molecular weight is 771 g/mol. The lowest BCUT2D eigenvalue weighted by atomic mass is 10.1. The molecule has 58 heavy (non-hydrogen) atoms. The molecule has 0 aliphatic rings. The van der Waals surface area contributed by atoms with Crippen molar-refractivity contribution < 1.29 is 0 Å². The molecule has 12 rings (SSSR count). The Morgan fingerprint density at radius 3 is 1.67 bits per heavy atom. The monoisotopic (exact) mass is 770 g/mol. The van der Waals surface area contributed by atoms with Gasteiger partial charge in [0.25, 0.3) is 0 Å². The maximum absolute atomic E-state index is 3.40. The maximum Gasteiger partial charge on any atom is 0.179 e. The van der Waals surface area contributed by atoms with Crippen molar-refractivity contribution in [2.75, 3.05) is 0 Å². The van der Waals surface area contributed by atoms with Crippen LogP contribution < -0.4 is 20.7 Å². The zero-order valence-electron chi connectivity index (χ0n) is 31.4. The normalized spacial score (nSPS) is 12.0. The summed E-state index contributed by atoms with van der Waals surface area (Å²) < 4.78 is 7.38. The summed E-state index contributed by atoms with van der Waals surface area (Å²) in [6.07, 6.45) is 0. The summed E-state index contributed by atoms with van der Waals surface area (Å²) in [5.74, 6) is 0. The van der Waals surface area contributed by atoms with Crippen LogP contribution in [-0.4, -0.2) is 17.2 Å². The predicted octanol–water partition coefficient (Wildman–Crippen LogP) is 11.2. The fraction of sp³-hybridized carbons (Fsp3) is 0. The van der Waals surface area contributed by atoms with E-state index in [9.17, 15) is 0 Å². The van der Waals surface area contributed by atoms with Gasteiger partial charge in [0.05, 0.1) is 31.5 Å². The molecule has 0 bridgehead atoms. The van der Waals surface area contributed by atoms with Crippen LogP contribution in [0.3, 0.4) is 0 Å². The molecule has 4 heteroatoms.